The smallest absolute Gasteiger partial charge is 0.446 e. The van der Waals surface area contributed by atoms with Crippen LogP contribution in [0.25, 0.3) is 0 Å². The van der Waals surface area contributed by atoms with Gasteiger partial charge in [0, 0.05) is 4.90 Å². The van der Waals surface area contributed by atoms with E-state index in [9.17, 15) is 22.8 Å². The second-order valence-corrected chi connectivity index (χ2v) is 4.04. The molecular weight excluding hydrogens is 261 g/mol. The van der Waals surface area contributed by atoms with E-state index in [1.165, 1.54) is 0 Å². The summed E-state index contributed by atoms with van der Waals surface area (Å²) >= 11 is -0.563. The van der Waals surface area contributed by atoms with Gasteiger partial charge >= 0.3 is 17.4 Å². The number of benzene rings is 1. The van der Waals surface area contributed by atoms with Crippen molar-refractivity contribution in [1.82, 2.24) is 0 Å². The maximum Gasteiger partial charge on any atom is 0.446 e. The number of thioether (sulfide) groups is 1. The molecule has 0 radical (unpaired) electrons. The van der Waals surface area contributed by atoms with Crippen LogP contribution in [0.5, 0.6) is 0 Å². The summed E-state index contributed by atoms with van der Waals surface area (Å²) in [5.41, 5.74) is -5.61. The number of alkyl halides is 3. The monoisotopic (exact) mass is 266 g/mol. The average molecular weight is 266 g/mol. The van der Waals surface area contributed by atoms with Gasteiger partial charge in [-0.2, -0.15) is 13.2 Å². The second kappa shape index (κ2) is 4.66. The molecule has 2 N–H and O–H groups in total. The first-order valence-electron chi connectivity index (χ1n) is 4.06. The van der Waals surface area contributed by atoms with E-state index >= 15 is 0 Å². The Kier molecular flexibility index (Phi) is 3.66. The first-order chi connectivity index (χ1) is 7.69. The molecule has 0 bridgehead atoms. The molecule has 0 heterocycles. The summed E-state index contributed by atoms with van der Waals surface area (Å²) in [6, 6.07) is 2.34. The van der Waals surface area contributed by atoms with Crippen LogP contribution in [0.2, 0.25) is 0 Å². The summed E-state index contributed by atoms with van der Waals surface area (Å²) < 4.78 is 36.2. The van der Waals surface area contributed by atoms with Gasteiger partial charge in [0.15, 0.2) is 0 Å². The third-order valence-corrected chi connectivity index (χ3v) is 2.34. The molecule has 1 aromatic carbocycles. The van der Waals surface area contributed by atoms with E-state index < -0.39 is 45.2 Å². The van der Waals surface area contributed by atoms with E-state index in [0.29, 0.717) is 0 Å². The Morgan fingerprint density at radius 3 is 1.71 bits per heavy atom. The highest BCUT2D eigenvalue weighted by Crippen LogP contribution is 2.37. The minimum absolute atomic E-state index is 0.477. The number of carboxylic acid groups (broad SMARTS) is 2. The van der Waals surface area contributed by atoms with Crippen LogP contribution in [-0.2, 0) is 0 Å². The number of halogens is 3. The molecule has 1 rings (SSSR count). The molecule has 4 nitrogen and oxygen atoms in total. The Morgan fingerprint density at radius 1 is 1.00 bits per heavy atom. The summed E-state index contributed by atoms with van der Waals surface area (Å²) in [6.45, 7) is 0. The lowest BCUT2D eigenvalue weighted by atomic mass is 10.1. The van der Waals surface area contributed by atoms with E-state index in [-0.39, 0.29) is 0 Å². The first kappa shape index (κ1) is 13.4. The van der Waals surface area contributed by atoms with Gasteiger partial charge in [0.25, 0.3) is 0 Å². The topological polar surface area (TPSA) is 74.6 Å². The van der Waals surface area contributed by atoms with E-state index in [1.807, 2.05) is 0 Å². The van der Waals surface area contributed by atoms with Crippen molar-refractivity contribution in [2.24, 2.45) is 0 Å². The minimum Gasteiger partial charge on any atom is -0.478 e. The van der Waals surface area contributed by atoms with Gasteiger partial charge in [-0.1, -0.05) is 0 Å². The molecule has 0 saturated carbocycles. The van der Waals surface area contributed by atoms with Crippen LogP contribution in [0.3, 0.4) is 0 Å². The molecule has 0 aromatic heterocycles. The molecule has 17 heavy (non-hydrogen) atoms. The average Bonchev–Trinajstić information content (AvgIpc) is 2.14. The summed E-state index contributed by atoms with van der Waals surface area (Å²) in [7, 11) is 0. The van der Waals surface area contributed by atoms with Crippen molar-refractivity contribution in [3.05, 3.63) is 29.3 Å². The van der Waals surface area contributed by atoms with Crippen molar-refractivity contribution in [1.29, 1.82) is 0 Å². The zero-order chi connectivity index (χ0) is 13.2. The number of carboxylic acids is 2. The molecular formula is C9H5F3O4S. The molecule has 0 spiro atoms. The Labute approximate surface area is 97.1 Å². The fourth-order valence-corrected chi connectivity index (χ4v) is 1.68. The minimum atomic E-state index is -4.60. The van der Waals surface area contributed by atoms with Crippen molar-refractivity contribution in [3.63, 3.8) is 0 Å². The normalized spacial score (nSPS) is 11.2. The maximum atomic E-state index is 12.1. The SMILES string of the molecule is O=C(O)c1cc(SC(F)(F)F)cc(C(=O)O)c1. The Hall–Kier alpha value is -1.70. The van der Waals surface area contributed by atoms with Gasteiger partial charge < -0.3 is 10.2 Å². The lowest BCUT2D eigenvalue weighted by Gasteiger charge is -2.07. The van der Waals surface area contributed by atoms with Crippen molar-refractivity contribution < 1.29 is 33.0 Å². The second-order valence-electron chi connectivity index (χ2n) is 2.90. The van der Waals surface area contributed by atoms with Gasteiger partial charge in [0.05, 0.1) is 11.1 Å². The zero-order valence-electron chi connectivity index (χ0n) is 7.99. The van der Waals surface area contributed by atoms with Crippen LogP contribution in [0.1, 0.15) is 20.7 Å². The van der Waals surface area contributed by atoms with Crippen LogP contribution in [-0.4, -0.2) is 27.7 Å². The van der Waals surface area contributed by atoms with Crippen LogP contribution in [0, 0.1) is 0 Å². The molecule has 0 fully saturated rings. The van der Waals surface area contributed by atoms with Crippen LogP contribution < -0.4 is 0 Å². The third-order valence-electron chi connectivity index (χ3n) is 1.63. The number of hydrogen-bond donors (Lipinski definition) is 2. The van der Waals surface area contributed by atoms with E-state index in [1.54, 1.807) is 0 Å². The lowest BCUT2D eigenvalue weighted by Crippen LogP contribution is -2.05. The number of rotatable bonds is 3. The lowest BCUT2D eigenvalue weighted by molar-refractivity contribution is -0.0328. The fraction of sp³-hybridized carbons (Fsp3) is 0.111. The third kappa shape index (κ3) is 3.99. The molecule has 92 valence electrons. The van der Waals surface area contributed by atoms with Crippen LogP contribution in [0.4, 0.5) is 13.2 Å². The maximum absolute atomic E-state index is 12.1. The predicted octanol–water partition coefficient (Wildman–Crippen LogP) is 2.69. The van der Waals surface area contributed by atoms with Crippen LogP contribution in [0.15, 0.2) is 23.1 Å². The summed E-state index contributed by atoms with van der Waals surface area (Å²) in [6.07, 6.45) is 0. The van der Waals surface area contributed by atoms with Gasteiger partial charge in [-0.25, -0.2) is 9.59 Å². The van der Waals surface area contributed by atoms with Gasteiger partial charge in [-0.05, 0) is 30.0 Å². The van der Waals surface area contributed by atoms with Gasteiger partial charge in [-0.3, -0.25) is 0 Å². The standard InChI is InChI=1S/C9H5F3O4S/c10-9(11,12)17-6-2-4(7(13)14)1-5(3-6)8(15)16/h1-3H,(H,13,14)(H,15,16). The Bertz CT molecular complexity index is 438. The summed E-state index contributed by atoms with van der Waals surface area (Å²) in [5.74, 6) is -2.98. The molecule has 0 saturated heterocycles. The largest absolute Gasteiger partial charge is 0.478 e. The quantitative estimate of drug-likeness (QED) is 0.823. The highest BCUT2D eigenvalue weighted by Gasteiger charge is 2.30. The van der Waals surface area contributed by atoms with Crippen molar-refractivity contribution in [2.45, 2.75) is 10.4 Å². The molecule has 0 amide bonds. The van der Waals surface area contributed by atoms with Gasteiger partial charge in [0.1, 0.15) is 0 Å². The highest BCUT2D eigenvalue weighted by molar-refractivity contribution is 8.00. The molecule has 0 aliphatic rings. The first-order valence-corrected chi connectivity index (χ1v) is 4.88. The molecule has 0 unspecified atom stereocenters. The molecule has 0 atom stereocenters. The van der Waals surface area contributed by atoms with Gasteiger partial charge in [0.2, 0.25) is 0 Å². The Morgan fingerprint density at radius 2 is 1.41 bits per heavy atom. The van der Waals surface area contributed by atoms with Crippen LogP contribution >= 0.6 is 11.8 Å². The summed E-state index contributed by atoms with van der Waals surface area (Å²) in [4.78, 5) is 20.7. The predicted molar refractivity (Wildman–Crippen MR) is 52.3 cm³/mol. The van der Waals surface area contributed by atoms with E-state index in [4.69, 9.17) is 10.2 Å². The van der Waals surface area contributed by atoms with E-state index in [2.05, 4.69) is 0 Å². The molecule has 1 aromatic rings. The highest BCUT2D eigenvalue weighted by atomic mass is 32.2. The Balaban J connectivity index is 3.22. The van der Waals surface area contributed by atoms with Gasteiger partial charge in [-0.15, -0.1) is 0 Å². The molecule has 0 aliphatic heterocycles. The van der Waals surface area contributed by atoms with Crippen molar-refractivity contribution >= 4 is 23.7 Å². The molecule has 0 aliphatic carbocycles. The summed E-state index contributed by atoms with van der Waals surface area (Å²) in [5, 5.41) is 17.3. The number of carbonyl (C=O) groups is 2. The van der Waals surface area contributed by atoms with Crippen molar-refractivity contribution in [2.75, 3.05) is 0 Å². The molecule has 8 heteroatoms. The number of hydrogen-bond acceptors (Lipinski definition) is 3. The zero-order valence-corrected chi connectivity index (χ0v) is 8.80. The fourth-order valence-electron chi connectivity index (χ4n) is 1.04. The number of aromatic carboxylic acids is 2. The van der Waals surface area contributed by atoms with Crippen molar-refractivity contribution in [3.8, 4) is 0 Å². The van der Waals surface area contributed by atoms with E-state index in [0.717, 1.165) is 18.2 Å².